The molecule has 0 radical (unpaired) electrons. The second-order valence-electron chi connectivity index (χ2n) is 3.91. The summed E-state index contributed by atoms with van der Waals surface area (Å²) in [6.07, 6.45) is 0.894. The highest BCUT2D eigenvalue weighted by molar-refractivity contribution is 6.31. The van der Waals surface area contributed by atoms with E-state index in [-0.39, 0.29) is 12.4 Å². The minimum atomic E-state index is 0. The van der Waals surface area contributed by atoms with Gasteiger partial charge < -0.3 is 10.7 Å². The maximum atomic E-state index is 6.06. The van der Waals surface area contributed by atoms with E-state index in [1.54, 1.807) is 0 Å². The monoisotopic (exact) mass is 258 g/mol. The number of benzene rings is 1. The largest absolute Gasteiger partial charge is 0.358 e. The molecule has 1 aromatic carbocycles. The van der Waals surface area contributed by atoms with E-state index in [2.05, 4.69) is 18.8 Å². The maximum Gasteiger partial charge on any atom is 0.0489 e. The van der Waals surface area contributed by atoms with Crippen molar-refractivity contribution in [2.45, 2.75) is 20.3 Å². The molecule has 0 aliphatic heterocycles. The Kier molecular flexibility index (Phi) is 4.25. The van der Waals surface area contributed by atoms with Crippen molar-refractivity contribution < 1.29 is 0 Å². The molecule has 2 nitrogen and oxygen atoms in total. The van der Waals surface area contributed by atoms with E-state index >= 15 is 0 Å². The standard InChI is InChI=1S/C12H15ClN2.ClH/c1-7-5-9(13)6-11-10(3-4-14)8(2)15-12(7)11;/h5-6,15H,3-4,14H2,1-2H3;1H. The molecular weight excluding hydrogens is 243 g/mol. The first kappa shape index (κ1) is 13.4. The second kappa shape index (κ2) is 5.09. The Bertz CT molecular complexity index is 503. The van der Waals surface area contributed by atoms with Crippen LogP contribution in [0, 0.1) is 13.8 Å². The zero-order valence-corrected chi connectivity index (χ0v) is 11.0. The van der Waals surface area contributed by atoms with Crippen LogP contribution >= 0.6 is 24.0 Å². The fraction of sp³-hybridized carbons (Fsp3) is 0.333. The Morgan fingerprint density at radius 3 is 2.62 bits per heavy atom. The first-order valence-corrected chi connectivity index (χ1v) is 5.48. The number of hydrogen-bond acceptors (Lipinski definition) is 1. The van der Waals surface area contributed by atoms with Gasteiger partial charge in [-0.1, -0.05) is 11.6 Å². The molecule has 0 saturated heterocycles. The van der Waals surface area contributed by atoms with Crippen LogP contribution < -0.4 is 5.73 Å². The zero-order valence-electron chi connectivity index (χ0n) is 9.43. The molecule has 0 spiro atoms. The molecule has 2 aromatic rings. The number of nitrogens with two attached hydrogens (primary N) is 1. The van der Waals surface area contributed by atoms with E-state index in [1.807, 2.05) is 12.1 Å². The van der Waals surface area contributed by atoms with E-state index in [1.165, 1.54) is 27.7 Å². The van der Waals surface area contributed by atoms with Gasteiger partial charge >= 0.3 is 0 Å². The maximum absolute atomic E-state index is 6.06. The topological polar surface area (TPSA) is 41.8 Å². The average Bonchev–Trinajstić information content (AvgIpc) is 2.46. The van der Waals surface area contributed by atoms with Crippen LogP contribution in [0.25, 0.3) is 10.9 Å². The van der Waals surface area contributed by atoms with Gasteiger partial charge in [-0.05, 0) is 50.1 Å². The Hall–Kier alpha value is -0.700. The fourth-order valence-corrected chi connectivity index (χ4v) is 2.35. The van der Waals surface area contributed by atoms with Crippen molar-refractivity contribution in [3.05, 3.63) is 34.0 Å². The summed E-state index contributed by atoms with van der Waals surface area (Å²) in [5.41, 5.74) is 10.5. The van der Waals surface area contributed by atoms with Crippen molar-refractivity contribution in [3.63, 3.8) is 0 Å². The molecule has 0 bridgehead atoms. The van der Waals surface area contributed by atoms with Crippen molar-refractivity contribution in [1.82, 2.24) is 4.98 Å². The van der Waals surface area contributed by atoms with E-state index in [0.717, 1.165) is 11.4 Å². The lowest BCUT2D eigenvalue weighted by Crippen LogP contribution is -2.03. The highest BCUT2D eigenvalue weighted by Crippen LogP contribution is 2.28. The van der Waals surface area contributed by atoms with Crippen LogP contribution in [0.15, 0.2) is 12.1 Å². The third-order valence-corrected chi connectivity index (χ3v) is 3.00. The Labute approximate surface area is 107 Å². The van der Waals surface area contributed by atoms with Crippen molar-refractivity contribution in [2.24, 2.45) is 5.73 Å². The molecular formula is C12H16Cl2N2. The summed E-state index contributed by atoms with van der Waals surface area (Å²) in [4.78, 5) is 3.39. The van der Waals surface area contributed by atoms with Crippen LogP contribution in [0.3, 0.4) is 0 Å². The predicted molar refractivity (Wildman–Crippen MR) is 72.8 cm³/mol. The molecule has 88 valence electrons. The van der Waals surface area contributed by atoms with Crippen LogP contribution in [0.4, 0.5) is 0 Å². The van der Waals surface area contributed by atoms with Gasteiger partial charge in [0, 0.05) is 21.6 Å². The SMILES string of the molecule is Cc1[nH]c2c(C)cc(Cl)cc2c1CCN.Cl. The van der Waals surface area contributed by atoms with Gasteiger partial charge in [0.15, 0.2) is 0 Å². The number of aryl methyl sites for hydroxylation is 2. The average molecular weight is 259 g/mol. The molecule has 2 rings (SSSR count). The Morgan fingerprint density at radius 1 is 1.31 bits per heavy atom. The molecule has 0 amide bonds. The summed E-state index contributed by atoms with van der Waals surface area (Å²) >= 11 is 6.06. The quantitative estimate of drug-likeness (QED) is 0.853. The van der Waals surface area contributed by atoms with Gasteiger partial charge in [0.05, 0.1) is 0 Å². The van der Waals surface area contributed by atoms with Gasteiger partial charge in [-0.15, -0.1) is 12.4 Å². The number of hydrogen-bond donors (Lipinski definition) is 2. The fourth-order valence-electron chi connectivity index (χ4n) is 2.08. The van der Waals surface area contributed by atoms with Gasteiger partial charge in [-0.2, -0.15) is 0 Å². The zero-order chi connectivity index (χ0) is 11.0. The van der Waals surface area contributed by atoms with Crippen molar-refractivity contribution in [1.29, 1.82) is 0 Å². The number of rotatable bonds is 2. The minimum absolute atomic E-state index is 0. The first-order chi connectivity index (χ1) is 7.13. The van der Waals surface area contributed by atoms with Crippen molar-refractivity contribution in [2.75, 3.05) is 6.54 Å². The molecule has 3 N–H and O–H groups in total. The minimum Gasteiger partial charge on any atom is -0.358 e. The third kappa shape index (κ3) is 2.19. The summed E-state index contributed by atoms with van der Waals surface area (Å²) in [6.45, 7) is 4.81. The van der Waals surface area contributed by atoms with Crippen LogP contribution in [0.5, 0.6) is 0 Å². The smallest absolute Gasteiger partial charge is 0.0489 e. The van der Waals surface area contributed by atoms with Gasteiger partial charge in [-0.25, -0.2) is 0 Å². The molecule has 0 aliphatic carbocycles. The van der Waals surface area contributed by atoms with Gasteiger partial charge in [0.25, 0.3) is 0 Å². The molecule has 0 aliphatic rings. The van der Waals surface area contributed by atoms with Crippen LogP contribution in [0.1, 0.15) is 16.8 Å². The van der Waals surface area contributed by atoms with Crippen LogP contribution in [-0.2, 0) is 6.42 Å². The molecule has 0 saturated carbocycles. The molecule has 0 atom stereocenters. The van der Waals surface area contributed by atoms with Crippen LogP contribution in [0.2, 0.25) is 5.02 Å². The summed E-state index contributed by atoms with van der Waals surface area (Å²) in [5, 5.41) is 2.00. The van der Waals surface area contributed by atoms with E-state index in [9.17, 15) is 0 Å². The number of aromatic amines is 1. The first-order valence-electron chi connectivity index (χ1n) is 5.11. The van der Waals surface area contributed by atoms with E-state index in [0.29, 0.717) is 6.54 Å². The molecule has 16 heavy (non-hydrogen) atoms. The summed E-state index contributed by atoms with van der Waals surface area (Å²) in [5.74, 6) is 0. The lowest BCUT2D eigenvalue weighted by Gasteiger charge is -2.00. The third-order valence-electron chi connectivity index (χ3n) is 2.78. The summed E-state index contributed by atoms with van der Waals surface area (Å²) in [6, 6.07) is 3.99. The lowest BCUT2D eigenvalue weighted by atomic mass is 10.1. The van der Waals surface area contributed by atoms with Gasteiger partial charge in [-0.3, -0.25) is 0 Å². The van der Waals surface area contributed by atoms with Gasteiger partial charge in [0.2, 0.25) is 0 Å². The normalized spacial score (nSPS) is 10.5. The highest BCUT2D eigenvalue weighted by Gasteiger charge is 2.10. The molecule has 4 heteroatoms. The molecule has 0 fully saturated rings. The number of nitrogens with one attached hydrogen (secondary N) is 1. The Balaban J connectivity index is 0.00000128. The number of H-pyrrole nitrogens is 1. The lowest BCUT2D eigenvalue weighted by molar-refractivity contribution is 0.963. The highest BCUT2D eigenvalue weighted by atomic mass is 35.5. The number of halogens is 2. The van der Waals surface area contributed by atoms with E-state index in [4.69, 9.17) is 17.3 Å². The van der Waals surface area contributed by atoms with Crippen molar-refractivity contribution >= 4 is 34.9 Å². The summed E-state index contributed by atoms with van der Waals surface area (Å²) in [7, 11) is 0. The van der Waals surface area contributed by atoms with E-state index < -0.39 is 0 Å². The second-order valence-corrected chi connectivity index (χ2v) is 4.35. The Morgan fingerprint density at radius 2 is 2.00 bits per heavy atom. The molecule has 1 heterocycles. The molecule has 1 aromatic heterocycles. The van der Waals surface area contributed by atoms with Crippen molar-refractivity contribution in [3.8, 4) is 0 Å². The van der Waals surface area contributed by atoms with Gasteiger partial charge in [0.1, 0.15) is 0 Å². The van der Waals surface area contributed by atoms with Crippen LogP contribution in [-0.4, -0.2) is 11.5 Å². The summed E-state index contributed by atoms with van der Waals surface area (Å²) < 4.78 is 0. The predicted octanol–water partition coefficient (Wildman–Crippen LogP) is 3.36. The molecule has 0 unspecified atom stereocenters. The number of aromatic nitrogens is 1. The number of fused-ring (bicyclic) bond motifs is 1.